The second-order valence-corrected chi connectivity index (χ2v) is 11.7. The van der Waals surface area contributed by atoms with Crippen molar-refractivity contribution in [3.63, 3.8) is 0 Å². The average molecular weight is 549 g/mol. The fraction of sp³-hybridized carbons (Fsp3) is 0.533. The Morgan fingerprint density at radius 3 is 2.60 bits per heavy atom. The van der Waals surface area contributed by atoms with Gasteiger partial charge in [-0.05, 0) is 57.6 Å². The molecule has 1 amide bonds. The van der Waals surface area contributed by atoms with Crippen molar-refractivity contribution in [3.05, 3.63) is 59.1 Å². The highest BCUT2D eigenvalue weighted by atomic mass is 16.5. The lowest BCUT2D eigenvalue weighted by molar-refractivity contribution is -0.120. The molecule has 3 heterocycles. The van der Waals surface area contributed by atoms with Crippen LogP contribution < -0.4 is 20.5 Å². The Bertz CT molecular complexity index is 1350. The van der Waals surface area contributed by atoms with Crippen LogP contribution in [0, 0.1) is 5.92 Å². The van der Waals surface area contributed by atoms with Crippen LogP contribution in [0.3, 0.4) is 0 Å². The van der Waals surface area contributed by atoms with Gasteiger partial charge in [-0.1, -0.05) is 37.8 Å². The third-order valence-corrected chi connectivity index (χ3v) is 7.66. The van der Waals surface area contributed by atoms with Crippen molar-refractivity contribution >= 4 is 17.4 Å². The molecule has 214 valence electrons. The lowest BCUT2D eigenvalue weighted by Crippen LogP contribution is -2.36. The SMILES string of the molecule is CC(C)(O)Cn1ccc(NC(=O)C(CC2CCCC2)n2ncc(Oc3ccccc3N3CCCCC3)cc2=O)n1. The first-order valence-electron chi connectivity index (χ1n) is 14.4. The van der Waals surface area contributed by atoms with Gasteiger partial charge in [0.25, 0.3) is 11.5 Å². The van der Waals surface area contributed by atoms with Gasteiger partial charge in [0.15, 0.2) is 17.3 Å². The molecule has 10 heteroatoms. The molecule has 5 rings (SSSR count). The smallest absolute Gasteiger partial charge is 0.271 e. The molecule has 1 unspecified atom stereocenters. The summed E-state index contributed by atoms with van der Waals surface area (Å²) in [5, 5.41) is 21.7. The number of hydrogen-bond donors (Lipinski definition) is 2. The van der Waals surface area contributed by atoms with Gasteiger partial charge in [0.05, 0.1) is 24.0 Å². The van der Waals surface area contributed by atoms with Gasteiger partial charge in [-0.15, -0.1) is 0 Å². The van der Waals surface area contributed by atoms with Gasteiger partial charge in [-0.2, -0.15) is 10.2 Å². The maximum atomic E-state index is 13.5. The van der Waals surface area contributed by atoms with E-state index < -0.39 is 17.2 Å². The molecule has 2 aliphatic rings. The number of hydrogen-bond acceptors (Lipinski definition) is 7. The lowest BCUT2D eigenvalue weighted by Gasteiger charge is -2.30. The summed E-state index contributed by atoms with van der Waals surface area (Å²) < 4.78 is 9.01. The highest BCUT2D eigenvalue weighted by Gasteiger charge is 2.29. The molecule has 1 saturated carbocycles. The first-order valence-corrected chi connectivity index (χ1v) is 14.4. The molecule has 1 aliphatic carbocycles. The van der Waals surface area contributed by atoms with E-state index in [4.69, 9.17) is 4.74 Å². The molecule has 2 N–H and O–H groups in total. The van der Waals surface area contributed by atoms with Crippen LogP contribution >= 0.6 is 0 Å². The molecule has 40 heavy (non-hydrogen) atoms. The van der Waals surface area contributed by atoms with E-state index >= 15 is 0 Å². The average Bonchev–Trinajstić information content (AvgIpc) is 3.59. The summed E-state index contributed by atoms with van der Waals surface area (Å²) >= 11 is 0. The number of para-hydroxylation sites is 2. The molecule has 1 saturated heterocycles. The fourth-order valence-electron chi connectivity index (χ4n) is 5.76. The number of carbonyl (C=O) groups is 1. The molecule has 10 nitrogen and oxygen atoms in total. The molecule has 2 aromatic heterocycles. The van der Waals surface area contributed by atoms with Crippen LogP contribution in [0.15, 0.2) is 53.6 Å². The minimum atomic E-state index is -0.937. The van der Waals surface area contributed by atoms with E-state index in [0.29, 0.717) is 29.7 Å². The summed E-state index contributed by atoms with van der Waals surface area (Å²) in [6.45, 7) is 5.64. The molecular weight excluding hydrogens is 508 g/mol. The number of aromatic nitrogens is 4. The van der Waals surface area contributed by atoms with Crippen molar-refractivity contribution in [2.75, 3.05) is 23.3 Å². The van der Waals surface area contributed by atoms with Gasteiger partial charge < -0.3 is 20.1 Å². The van der Waals surface area contributed by atoms with Gasteiger partial charge in [-0.25, -0.2) is 4.68 Å². The number of aliphatic hydroxyl groups is 1. The normalized spacial score (nSPS) is 17.1. The molecule has 0 bridgehead atoms. The highest BCUT2D eigenvalue weighted by molar-refractivity contribution is 5.92. The van der Waals surface area contributed by atoms with Crippen LogP contribution in [0.5, 0.6) is 11.5 Å². The zero-order chi connectivity index (χ0) is 28.1. The number of nitrogens with one attached hydrogen (secondary N) is 1. The molecule has 0 spiro atoms. The van der Waals surface area contributed by atoms with Crippen molar-refractivity contribution in [3.8, 4) is 11.5 Å². The second-order valence-electron chi connectivity index (χ2n) is 11.7. The zero-order valence-electron chi connectivity index (χ0n) is 23.5. The summed E-state index contributed by atoms with van der Waals surface area (Å²) in [6.07, 6.45) is 11.6. The third-order valence-electron chi connectivity index (χ3n) is 7.66. The van der Waals surface area contributed by atoms with E-state index in [0.717, 1.165) is 57.3 Å². The van der Waals surface area contributed by atoms with Crippen molar-refractivity contribution in [1.29, 1.82) is 0 Å². The van der Waals surface area contributed by atoms with Crippen LogP contribution in [-0.4, -0.2) is 49.3 Å². The fourth-order valence-corrected chi connectivity index (χ4v) is 5.76. The van der Waals surface area contributed by atoms with E-state index in [9.17, 15) is 14.7 Å². The summed E-state index contributed by atoms with van der Waals surface area (Å²) in [5.41, 5.74) is -0.319. The number of benzene rings is 1. The Morgan fingerprint density at radius 1 is 1.12 bits per heavy atom. The van der Waals surface area contributed by atoms with Crippen molar-refractivity contribution in [2.45, 2.75) is 83.4 Å². The number of ether oxygens (including phenoxy) is 1. The molecule has 1 aromatic carbocycles. The molecule has 0 radical (unpaired) electrons. The van der Waals surface area contributed by atoms with Crippen LogP contribution in [-0.2, 0) is 11.3 Å². The van der Waals surface area contributed by atoms with E-state index in [1.54, 1.807) is 30.8 Å². The van der Waals surface area contributed by atoms with Crippen LogP contribution in [0.2, 0.25) is 0 Å². The first kappa shape index (κ1) is 27.9. The predicted molar refractivity (Wildman–Crippen MR) is 154 cm³/mol. The Labute approximate surface area is 235 Å². The van der Waals surface area contributed by atoms with Gasteiger partial charge in [0.2, 0.25) is 0 Å². The summed E-state index contributed by atoms with van der Waals surface area (Å²) in [4.78, 5) is 29.1. The summed E-state index contributed by atoms with van der Waals surface area (Å²) in [6, 6.07) is 10.2. The molecular formula is C30H40N6O4. The topological polar surface area (TPSA) is 115 Å². The first-order chi connectivity index (χ1) is 19.2. The quantitative estimate of drug-likeness (QED) is 0.376. The highest BCUT2D eigenvalue weighted by Crippen LogP contribution is 2.34. The van der Waals surface area contributed by atoms with E-state index in [-0.39, 0.29) is 12.5 Å². The molecule has 1 aliphatic heterocycles. The van der Waals surface area contributed by atoms with Crippen molar-refractivity contribution < 1.29 is 14.6 Å². The number of anilines is 2. The van der Waals surface area contributed by atoms with E-state index in [1.165, 1.54) is 23.4 Å². The number of amides is 1. The Hall–Kier alpha value is -3.66. The van der Waals surface area contributed by atoms with Crippen molar-refractivity contribution in [1.82, 2.24) is 19.6 Å². The Balaban J connectivity index is 1.35. The van der Waals surface area contributed by atoms with E-state index in [1.807, 2.05) is 24.3 Å². The Morgan fingerprint density at radius 2 is 1.88 bits per heavy atom. The molecule has 1 atom stereocenters. The van der Waals surface area contributed by atoms with Gasteiger partial charge in [0.1, 0.15) is 6.04 Å². The largest absolute Gasteiger partial charge is 0.453 e. The van der Waals surface area contributed by atoms with Crippen LogP contribution in [0.25, 0.3) is 0 Å². The van der Waals surface area contributed by atoms with Crippen LogP contribution in [0.4, 0.5) is 11.5 Å². The van der Waals surface area contributed by atoms with Crippen molar-refractivity contribution in [2.24, 2.45) is 5.92 Å². The number of nitrogens with zero attached hydrogens (tertiary/aromatic N) is 5. The monoisotopic (exact) mass is 548 g/mol. The van der Waals surface area contributed by atoms with Crippen LogP contribution in [0.1, 0.15) is 71.3 Å². The van der Waals surface area contributed by atoms with Gasteiger partial charge >= 0.3 is 0 Å². The number of carbonyl (C=O) groups excluding carboxylic acids is 1. The minimum absolute atomic E-state index is 0.289. The summed E-state index contributed by atoms with van der Waals surface area (Å²) in [5.74, 6) is 1.41. The maximum absolute atomic E-state index is 13.5. The molecule has 3 aromatic rings. The van der Waals surface area contributed by atoms with E-state index in [2.05, 4.69) is 20.4 Å². The number of piperidine rings is 1. The Kier molecular flexibility index (Phi) is 8.54. The predicted octanol–water partition coefficient (Wildman–Crippen LogP) is 4.75. The minimum Gasteiger partial charge on any atom is -0.453 e. The summed E-state index contributed by atoms with van der Waals surface area (Å²) in [7, 11) is 0. The molecule has 2 fully saturated rings. The second kappa shape index (κ2) is 12.2. The van der Waals surface area contributed by atoms with Gasteiger partial charge in [0, 0.05) is 31.4 Å². The maximum Gasteiger partial charge on any atom is 0.271 e. The standard InChI is InChI=1S/C30H40N6O4/c1-30(2,39)21-35-17-14-27(33-35)32-29(38)25(18-22-10-4-5-11-22)36-28(37)19-23(20-31-36)40-26-13-7-6-12-24(26)34-15-8-3-9-16-34/h6-7,12-14,17,19-20,22,25,39H,3-5,8-11,15-16,18,21H2,1-2H3,(H,32,33,38). The van der Waals surface area contributed by atoms with Gasteiger partial charge in [-0.3, -0.25) is 14.3 Å². The zero-order valence-corrected chi connectivity index (χ0v) is 23.5. The number of rotatable bonds is 10. The third kappa shape index (κ3) is 7.10. The lowest BCUT2D eigenvalue weighted by atomic mass is 9.98.